The van der Waals surface area contributed by atoms with Crippen LogP contribution in [0.5, 0.6) is 0 Å². The van der Waals surface area contributed by atoms with Gasteiger partial charge in [-0.25, -0.2) is 22.0 Å². The molecule has 0 amide bonds. The van der Waals surface area contributed by atoms with Crippen LogP contribution in [0.1, 0.15) is 52.0 Å². The molecule has 0 aromatic heterocycles. The van der Waals surface area contributed by atoms with Crippen molar-refractivity contribution in [1.82, 2.24) is 0 Å². The van der Waals surface area contributed by atoms with E-state index in [2.05, 4.69) is 6.92 Å². The summed E-state index contributed by atoms with van der Waals surface area (Å²) >= 11 is 6.12. The summed E-state index contributed by atoms with van der Waals surface area (Å²) < 4.78 is 78.5. The Morgan fingerprint density at radius 2 is 1.46 bits per heavy atom. The summed E-state index contributed by atoms with van der Waals surface area (Å²) in [6, 6.07) is 0. The fourth-order valence-electron chi connectivity index (χ4n) is 1.98. The molecular formula is C16H22F5O2PS2. The lowest BCUT2D eigenvalue weighted by Gasteiger charge is -2.24. The highest BCUT2D eigenvalue weighted by Gasteiger charge is 2.29. The molecule has 0 N–H and O–H groups in total. The SMILES string of the molecule is CCCCCCOP(=S)(OC(C)C)SCc1c(F)c(F)c(F)c(F)c1F. The van der Waals surface area contributed by atoms with Gasteiger partial charge in [-0.2, -0.15) is 0 Å². The van der Waals surface area contributed by atoms with Crippen molar-refractivity contribution in [3.05, 3.63) is 34.6 Å². The molecule has 0 saturated carbocycles. The van der Waals surface area contributed by atoms with Gasteiger partial charge < -0.3 is 9.05 Å². The lowest BCUT2D eigenvalue weighted by molar-refractivity contribution is 0.212. The molecule has 150 valence electrons. The standard InChI is InChI=1S/C16H22F5O2PS2/c1-4-5-6-7-8-22-24(25,23-10(2)3)26-9-11-12(17)14(19)16(21)15(20)13(11)18/h10H,4-9H2,1-3H3. The van der Waals surface area contributed by atoms with Gasteiger partial charge >= 0.3 is 0 Å². The quantitative estimate of drug-likeness (QED) is 0.124. The molecule has 2 nitrogen and oxygen atoms in total. The fourth-order valence-corrected chi connectivity index (χ4v) is 6.81. The molecule has 0 bridgehead atoms. The molecule has 1 aromatic rings. The van der Waals surface area contributed by atoms with E-state index < -0.39 is 46.1 Å². The first-order valence-electron chi connectivity index (χ1n) is 8.20. The molecular weight excluding hydrogens is 414 g/mol. The van der Waals surface area contributed by atoms with Crippen molar-refractivity contribution in [1.29, 1.82) is 0 Å². The van der Waals surface area contributed by atoms with Crippen LogP contribution in [0.3, 0.4) is 0 Å². The van der Waals surface area contributed by atoms with E-state index in [9.17, 15) is 22.0 Å². The lowest BCUT2D eigenvalue weighted by Crippen LogP contribution is -2.07. The van der Waals surface area contributed by atoms with E-state index in [4.69, 9.17) is 20.9 Å². The molecule has 0 radical (unpaired) electrons. The highest BCUT2D eigenvalue weighted by molar-refractivity contribution is 8.67. The van der Waals surface area contributed by atoms with Gasteiger partial charge in [0.2, 0.25) is 11.5 Å². The second-order valence-corrected chi connectivity index (χ2v) is 12.1. The summed E-state index contributed by atoms with van der Waals surface area (Å²) in [6.45, 7) is 5.82. The van der Waals surface area contributed by atoms with Crippen molar-refractivity contribution >= 4 is 28.9 Å². The Morgan fingerprint density at radius 1 is 0.923 bits per heavy atom. The molecule has 1 atom stereocenters. The number of halogens is 5. The van der Waals surface area contributed by atoms with Gasteiger partial charge in [0.1, 0.15) is 0 Å². The van der Waals surface area contributed by atoms with Crippen molar-refractivity contribution < 1.29 is 31.0 Å². The molecule has 1 aromatic carbocycles. The minimum Gasteiger partial charge on any atom is -0.322 e. The average molecular weight is 436 g/mol. The summed E-state index contributed by atoms with van der Waals surface area (Å²) in [5.74, 6) is -10.4. The van der Waals surface area contributed by atoms with Crippen LogP contribution < -0.4 is 0 Å². The topological polar surface area (TPSA) is 18.5 Å². The van der Waals surface area contributed by atoms with E-state index >= 15 is 0 Å². The molecule has 10 heteroatoms. The van der Waals surface area contributed by atoms with Crippen LogP contribution in [0.25, 0.3) is 0 Å². The normalized spacial score (nSPS) is 14.0. The van der Waals surface area contributed by atoms with E-state index in [-0.39, 0.29) is 6.10 Å². The number of unbranched alkanes of at least 4 members (excludes halogenated alkanes) is 3. The Morgan fingerprint density at radius 3 is 1.96 bits per heavy atom. The lowest BCUT2D eigenvalue weighted by atomic mass is 10.2. The van der Waals surface area contributed by atoms with Gasteiger partial charge in [0, 0.05) is 11.3 Å². The van der Waals surface area contributed by atoms with Gasteiger partial charge in [0.15, 0.2) is 23.3 Å². The Bertz CT molecular complexity index is 629. The second kappa shape index (κ2) is 11.0. The summed E-state index contributed by atoms with van der Waals surface area (Å²) in [4.78, 5) is 0. The molecule has 0 spiro atoms. The van der Waals surface area contributed by atoms with Gasteiger partial charge in [-0.05, 0) is 32.1 Å². The number of benzene rings is 1. The highest BCUT2D eigenvalue weighted by Crippen LogP contribution is 2.63. The van der Waals surface area contributed by atoms with Gasteiger partial charge in [-0.15, -0.1) is 0 Å². The highest BCUT2D eigenvalue weighted by atomic mass is 32.9. The third-order valence-electron chi connectivity index (χ3n) is 3.25. The molecule has 0 heterocycles. The van der Waals surface area contributed by atoms with Crippen LogP contribution in [0.4, 0.5) is 22.0 Å². The summed E-state index contributed by atoms with van der Waals surface area (Å²) in [5.41, 5.74) is -3.92. The third kappa shape index (κ3) is 6.75. The molecule has 1 unspecified atom stereocenters. The van der Waals surface area contributed by atoms with Crippen LogP contribution in [0.2, 0.25) is 0 Å². The largest absolute Gasteiger partial charge is 0.322 e. The average Bonchev–Trinajstić information content (AvgIpc) is 2.57. The van der Waals surface area contributed by atoms with Gasteiger partial charge in [-0.3, -0.25) is 0 Å². The first-order valence-corrected chi connectivity index (χ1v) is 12.4. The maximum Gasteiger partial charge on any atom is 0.247 e. The Balaban J connectivity index is 2.89. The first-order chi connectivity index (χ1) is 12.1. The first kappa shape index (κ1) is 23.8. The third-order valence-corrected chi connectivity index (χ3v) is 8.60. The van der Waals surface area contributed by atoms with Gasteiger partial charge in [0.25, 0.3) is 0 Å². The Hall–Kier alpha value is -0.210. The molecule has 26 heavy (non-hydrogen) atoms. The monoisotopic (exact) mass is 436 g/mol. The van der Waals surface area contributed by atoms with Crippen LogP contribution in [0, 0.1) is 29.1 Å². The van der Waals surface area contributed by atoms with Crippen molar-refractivity contribution in [2.24, 2.45) is 0 Å². The van der Waals surface area contributed by atoms with Crippen molar-refractivity contribution in [2.45, 2.75) is 58.3 Å². The molecule has 0 aliphatic rings. The second-order valence-electron chi connectivity index (χ2n) is 5.82. The van der Waals surface area contributed by atoms with Crippen LogP contribution >= 0.6 is 17.1 Å². The summed E-state index contributed by atoms with van der Waals surface area (Å²) in [5, 5.41) is 0. The maximum atomic E-state index is 13.8. The van der Waals surface area contributed by atoms with E-state index in [1.54, 1.807) is 13.8 Å². The molecule has 0 aliphatic heterocycles. The van der Waals surface area contributed by atoms with E-state index in [0.29, 0.717) is 6.61 Å². The van der Waals surface area contributed by atoms with Crippen LogP contribution in [-0.4, -0.2) is 12.7 Å². The van der Waals surface area contributed by atoms with Crippen molar-refractivity contribution in [2.75, 3.05) is 6.61 Å². The Kier molecular flexibility index (Phi) is 10.0. The predicted molar refractivity (Wildman–Crippen MR) is 98.1 cm³/mol. The zero-order valence-electron chi connectivity index (χ0n) is 14.8. The van der Waals surface area contributed by atoms with Gasteiger partial charge in [0.05, 0.1) is 12.7 Å². The number of hydrogen-bond acceptors (Lipinski definition) is 4. The zero-order valence-corrected chi connectivity index (χ0v) is 17.3. The van der Waals surface area contributed by atoms with Crippen molar-refractivity contribution in [3.63, 3.8) is 0 Å². The van der Waals surface area contributed by atoms with Crippen LogP contribution in [0.15, 0.2) is 0 Å². The summed E-state index contributed by atoms with van der Waals surface area (Å²) in [6.07, 6.45) is 3.47. The molecule has 0 aliphatic carbocycles. The molecule has 0 saturated heterocycles. The molecule has 0 fully saturated rings. The smallest absolute Gasteiger partial charge is 0.247 e. The minimum atomic E-state index is -2.99. The van der Waals surface area contributed by atoms with E-state index in [0.717, 1.165) is 37.1 Å². The maximum absolute atomic E-state index is 13.8. The predicted octanol–water partition coefficient (Wildman–Crippen LogP) is 6.86. The van der Waals surface area contributed by atoms with Gasteiger partial charge in [-0.1, -0.05) is 37.6 Å². The summed E-state index contributed by atoms with van der Waals surface area (Å²) in [7, 11) is 0. The zero-order chi connectivity index (χ0) is 19.9. The van der Waals surface area contributed by atoms with Crippen LogP contribution in [-0.2, 0) is 26.6 Å². The van der Waals surface area contributed by atoms with Crippen molar-refractivity contribution in [3.8, 4) is 0 Å². The Labute approximate surface area is 159 Å². The number of hydrogen-bond donors (Lipinski definition) is 0. The number of rotatable bonds is 11. The van der Waals surface area contributed by atoms with E-state index in [1.807, 2.05) is 0 Å². The molecule has 1 rings (SSSR count). The van der Waals surface area contributed by atoms with E-state index in [1.165, 1.54) is 0 Å². The fraction of sp³-hybridized carbons (Fsp3) is 0.625. The minimum absolute atomic E-state index is 0.305.